The number of rotatable bonds is 2. The third-order valence-corrected chi connectivity index (χ3v) is 2.95. The van der Waals surface area contributed by atoms with E-state index in [2.05, 4.69) is 10.3 Å². The Morgan fingerprint density at radius 2 is 2.50 bits per heavy atom. The number of nitrogens with one attached hydrogen (secondary N) is 1. The minimum absolute atomic E-state index is 0.175. The number of nitrogens with zero attached hydrogens (tertiary/aromatic N) is 1. The van der Waals surface area contributed by atoms with Gasteiger partial charge in [0.15, 0.2) is 5.82 Å². The van der Waals surface area contributed by atoms with Crippen molar-refractivity contribution in [1.82, 2.24) is 4.98 Å². The van der Waals surface area contributed by atoms with Crippen molar-refractivity contribution in [3.8, 4) is 0 Å². The number of aromatic nitrogens is 1. The maximum atomic E-state index is 11.8. The van der Waals surface area contributed by atoms with Crippen molar-refractivity contribution in [1.29, 1.82) is 0 Å². The molecule has 2 rings (SSSR count). The van der Waals surface area contributed by atoms with Gasteiger partial charge in [-0.05, 0) is 24.5 Å². The molecule has 1 aromatic heterocycles. The lowest BCUT2D eigenvalue weighted by molar-refractivity contribution is -0.126. The molecule has 1 N–H and O–H groups in total. The topological polar surface area (TPSA) is 51.2 Å². The van der Waals surface area contributed by atoms with Gasteiger partial charge >= 0.3 is 0 Å². The highest BCUT2D eigenvalue weighted by molar-refractivity contribution is 6.33. The van der Waals surface area contributed by atoms with E-state index in [0.29, 0.717) is 17.4 Å². The van der Waals surface area contributed by atoms with E-state index in [1.165, 1.54) is 0 Å². The first kappa shape index (κ1) is 11.4. The summed E-state index contributed by atoms with van der Waals surface area (Å²) >= 11 is 5.89. The van der Waals surface area contributed by atoms with Crippen LogP contribution < -0.4 is 5.32 Å². The molecule has 1 amide bonds. The molecule has 0 aliphatic carbocycles. The molecule has 16 heavy (non-hydrogen) atoms. The molecule has 0 radical (unpaired) electrons. The predicted molar refractivity (Wildman–Crippen MR) is 61.4 cm³/mol. The van der Waals surface area contributed by atoms with E-state index in [1.54, 1.807) is 18.3 Å². The highest BCUT2D eigenvalue weighted by Crippen LogP contribution is 2.23. The molecule has 5 heteroatoms. The first-order valence-electron chi connectivity index (χ1n) is 5.21. The minimum Gasteiger partial charge on any atom is -0.368 e. The van der Waals surface area contributed by atoms with Crippen LogP contribution in [0.15, 0.2) is 18.3 Å². The van der Waals surface area contributed by atoms with Gasteiger partial charge in [-0.3, -0.25) is 4.79 Å². The van der Waals surface area contributed by atoms with Gasteiger partial charge in [0.1, 0.15) is 6.10 Å². The molecule has 1 fully saturated rings. The number of hydrogen-bond acceptors (Lipinski definition) is 3. The predicted octanol–water partition coefficient (Wildman–Crippen LogP) is 2.10. The van der Waals surface area contributed by atoms with Gasteiger partial charge < -0.3 is 10.1 Å². The molecule has 1 aromatic rings. The number of carbonyl (C=O) groups is 1. The lowest BCUT2D eigenvalue weighted by Crippen LogP contribution is -2.31. The van der Waals surface area contributed by atoms with Gasteiger partial charge in [-0.1, -0.05) is 18.5 Å². The number of ether oxygens (including phenoxy) is 1. The zero-order chi connectivity index (χ0) is 11.5. The maximum Gasteiger partial charge on any atom is 0.254 e. The first-order chi connectivity index (χ1) is 7.68. The van der Waals surface area contributed by atoms with Crippen LogP contribution >= 0.6 is 11.6 Å². The number of halogens is 1. The van der Waals surface area contributed by atoms with Gasteiger partial charge in [0.2, 0.25) is 0 Å². The molecule has 0 saturated carbocycles. The van der Waals surface area contributed by atoms with E-state index < -0.39 is 6.10 Å². The summed E-state index contributed by atoms with van der Waals surface area (Å²) in [5.41, 5.74) is 0. The average Bonchev–Trinajstić information content (AvgIpc) is 2.68. The molecule has 0 aromatic carbocycles. The fraction of sp³-hybridized carbons (Fsp3) is 0.455. The van der Waals surface area contributed by atoms with E-state index in [0.717, 1.165) is 6.42 Å². The van der Waals surface area contributed by atoms with E-state index in [4.69, 9.17) is 16.3 Å². The van der Waals surface area contributed by atoms with Crippen molar-refractivity contribution in [2.45, 2.75) is 19.4 Å². The van der Waals surface area contributed by atoms with E-state index in [9.17, 15) is 4.79 Å². The van der Waals surface area contributed by atoms with Crippen LogP contribution in [0.1, 0.15) is 13.3 Å². The monoisotopic (exact) mass is 240 g/mol. The fourth-order valence-corrected chi connectivity index (χ4v) is 1.86. The van der Waals surface area contributed by atoms with Gasteiger partial charge in [-0.2, -0.15) is 0 Å². The lowest BCUT2D eigenvalue weighted by Gasteiger charge is -2.14. The second-order valence-electron chi connectivity index (χ2n) is 3.88. The van der Waals surface area contributed by atoms with Crippen molar-refractivity contribution in [2.24, 2.45) is 5.92 Å². The van der Waals surface area contributed by atoms with Crippen molar-refractivity contribution in [3.63, 3.8) is 0 Å². The van der Waals surface area contributed by atoms with Crippen molar-refractivity contribution >= 4 is 23.3 Å². The average molecular weight is 241 g/mol. The Morgan fingerprint density at radius 3 is 3.12 bits per heavy atom. The Morgan fingerprint density at radius 1 is 1.69 bits per heavy atom. The van der Waals surface area contributed by atoms with Crippen LogP contribution in [0.4, 0.5) is 5.82 Å². The van der Waals surface area contributed by atoms with Crippen LogP contribution in [0.5, 0.6) is 0 Å². The largest absolute Gasteiger partial charge is 0.368 e. The molecule has 2 atom stereocenters. The molecular formula is C11H13ClN2O2. The molecule has 2 heterocycles. The summed E-state index contributed by atoms with van der Waals surface area (Å²) in [6.45, 7) is 2.63. The Labute approximate surface area is 99.0 Å². The summed E-state index contributed by atoms with van der Waals surface area (Å²) in [6, 6.07) is 3.40. The van der Waals surface area contributed by atoms with Crippen LogP contribution in [-0.2, 0) is 9.53 Å². The third kappa shape index (κ3) is 2.33. The standard InChI is InChI=1S/C11H13ClN2O2/c1-7-4-6-16-9(7)11(15)14-10-8(12)3-2-5-13-10/h2-3,5,7,9H,4,6H2,1H3,(H,13,14,15)/t7-,9+/m0/s1. The first-order valence-corrected chi connectivity index (χ1v) is 5.59. The third-order valence-electron chi connectivity index (χ3n) is 2.65. The zero-order valence-electron chi connectivity index (χ0n) is 8.94. The molecule has 4 nitrogen and oxygen atoms in total. The minimum atomic E-state index is -0.391. The summed E-state index contributed by atoms with van der Waals surface area (Å²) in [4.78, 5) is 15.8. The van der Waals surface area contributed by atoms with E-state index in [1.807, 2.05) is 6.92 Å². The Bertz CT molecular complexity index is 397. The van der Waals surface area contributed by atoms with Crippen LogP contribution in [0.3, 0.4) is 0 Å². The number of carbonyl (C=O) groups excluding carboxylic acids is 1. The molecule has 1 aliphatic rings. The highest BCUT2D eigenvalue weighted by Gasteiger charge is 2.31. The van der Waals surface area contributed by atoms with Gasteiger partial charge in [-0.25, -0.2) is 4.98 Å². The van der Waals surface area contributed by atoms with Gasteiger partial charge in [0.05, 0.1) is 5.02 Å². The van der Waals surface area contributed by atoms with Crippen molar-refractivity contribution in [3.05, 3.63) is 23.4 Å². The van der Waals surface area contributed by atoms with Crippen molar-refractivity contribution < 1.29 is 9.53 Å². The lowest BCUT2D eigenvalue weighted by atomic mass is 10.0. The molecular weight excluding hydrogens is 228 g/mol. The van der Waals surface area contributed by atoms with Crippen LogP contribution in [0, 0.1) is 5.92 Å². The Balaban J connectivity index is 2.05. The number of pyridine rings is 1. The second kappa shape index (κ2) is 4.80. The SMILES string of the molecule is C[C@H]1CCO[C@H]1C(=O)Nc1ncccc1Cl. The van der Waals surface area contributed by atoms with E-state index in [-0.39, 0.29) is 11.8 Å². The number of anilines is 1. The molecule has 0 unspecified atom stereocenters. The smallest absolute Gasteiger partial charge is 0.254 e. The summed E-state index contributed by atoms with van der Waals surface area (Å²) in [5, 5.41) is 3.11. The molecule has 86 valence electrons. The Hall–Kier alpha value is -1.13. The maximum absolute atomic E-state index is 11.8. The summed E-state index contributed by atoms with van der Waals surface area (Å²) < 4.78 is 5.36. The van der Waals surface area contributed by atoms with Crippen molar-refractivity contribution in [2.75, 3.05) is 11.9 Å². The van der Waals surface area contributed by atoms with Crippen LogP contribution in [-0.4, -0.2) is 23.6 Å². The van der Waals surface area contributed by atoms with Gasteiger partial charge in [0.25, 0.3) is 5.91 Å². The summed E-state index contributed by atoms with van der Waals surface area (Å²) in [6.07, 6.45) is 2.10. The Kier molecular flexibility index (Phi) is 3.41. The van der Waals surface area contributed by atoms with E-state index >= 15 is 0 Å². The second-order valence-corrected chi connectivity index (χ2v) is 4.29. The molecule has 1 saturated heterocycles. The zero-order valence-corrected chi connectivity index (χ0v) is 9.70. The molecule has 0 bridgehead atoms. The number of amides is 1. The van der Waals surface area contributed by atoms with Gasteiger partial charge in [-0.15, -0.1) is 0 Å². The quantitative estimate of drug-likeness (QED) is 0.861. The van der Waals surface area contributed by atoms with Gasteiger partial charge in [0, 0.05) is 12.8 Å². The van der Waals surface area contributed by atoms with Crippen LogP contribution in [0.2, 0.25) is 5.02 Å². The summed E-state index contributed by atoms with van der Waals surface area (Å²) in [7, 11) is 0. The van der Waals surface area contributed by atoms with Crippen LogP contribution in [0.25, 0.3) is 0 Å². The molecule has 1 aliphatic heterocycles. The summed E-state index contributed by atoms with van der Waals surface area (Å²) in [5.74, 6) is 0.449. The normalized spacial score (nSPS) is 24.4. The fourth-order valence-electron chi connectivity index (χ4n) is 1.70. The number of hydrogen-bond donors (Lipinski definition) is 1. The highest BCUT2D eigenvalue weighted by atomic mass is 35.5. The molecule has 0 spiro atoms.